The van der Waals surface area contributed by atoms with Crippen molar-refractivity contribution in [2.24, 2.45) is 0 Å². The van der Waals surface area contributed by atoms with Crippen LogP contribution < -0.4 is 4.74 Å². The maximum absolute atomic E-state index is 9.43. The normalized spacial score (nSPS) is 10.1. The molecule has 0 amide bonds. The van der Waals surface area contributed by atoms with E-state index in [1.54, 1.807) is 23.7 Å². The van der Waals surface area contributed by atoms with Crippen LogP contribution in [0.4, 0.5) is 0 Å². The van der Waals surface area contributed by atoms with Crippen LogP contribution in [-0.4, -0.2) is 17.1 Å². The fraction of sp³-hybridized carbons (Fsp3) is 0.0625. The molecule has 3 aromatic heterocycles. The molecule has 0 aliphatic heterocycles. The van der Waals surface area contributed by atoms with Crippen molar-refractivity contribution in [2.45, 2.75) is 0 Å². The van der Waals surface area contributed by atoms with Gasteiger partial charge in [-0.2, -0.15) is 5.26 Å². The SMILES string of the molecule is COc1nc(-c2cccs2)cc(-c2cccnc2)c1C#N. The summed E-state index contributed by atoms with van der Waals surface area (Å²) in [7, 11) is 1.52. The molecule has 5 heteroatoms. The van der Waals surface area contributed by atoms with Gasteiger partial charge in [0, 0.05) is 23.5 Å². The number of pyridine rings is 2. The molecule has 0 spiro atoms. The number of thiophene rings is 1. The number of rotatable bonds is 3. The largest absolute Gasteiger partial charge is 0.480 e. The molecular formula is C16H11N3OS. The van der Waals surface area contributed by atoms with Gasteiger partial charge >= 0.3 is 0 Å². The third-order valence-electron chi connectivity index (χ3n) is 3.04. The lowest BCUT2D eigenvalue weighted by molar-refractivity contribution is 0.397. The van der Waals surface area contributed by atoms with Gasteiger partial charge in [0.05, 0.1) is 17.7 Å². The van der Waals surface area contributed by atoms with Crippen LogP contribution in [0.3, 0.4) is 0 Å². The molecule has 0 saturated heterocycles. The van der Waals surface area contributed by atoms with Gasteiger partial charge in [-0.1, -0.05) is 12.1 Å². The van der Waals surface area contributed by atoms with Crippen molar-refractivity contribution in [3.05, 3.63) is 53.7 Å². The molecule has 21 heavy (non-hydrogen) atoms. The Bertz CT molecular complexity index is 792. The molecule has 0 aliphatic rings. The Balaban J connectivity index is 2.27. The van der Waals surface area contributed by atoms with Crippen LogP contribution in [0.2, 0.25) is 0 Å². The molecule has 3 heterocycles. The molecule has 0 fully saturated rings. The van der Waals surface area contributed by atoms with Crippen LogP contribution in [-0.2, 0) is 0 Å². The lowest BCUT2D eigenvalue weighted by Crippen LogP contribution is -1.97. The number of ether oxygens (including phenoxy) is 1. The highest BCUT2D eigenvalue weighted by atomic mass is 32.1. The van der Waals surface area contributed by atoms with Gasteiger partial charge in [0.15, 0.2) is 0 Å². The Labute approximate surface area is 126 Å². The van der Waals surface area contributed by atoms with E-state index in [2.05, 4.69) is 16.0 Å². The third-order valence-corrected chi connectivity index (χ3v) is 3.93. The molecule has 0 N–H and O–H groups in total. The summed E-state index contributed by atoms with van der Waals surface area (Å²) in [6, 6.07) is 11.8. The van der Waals surface area contributed by atoms with Crippen LogP contribution in [0.15, 0.2) is 48.1 Å². The van der Waals surface area contributed by atoms with Gasteiger partial charge in [-0.3, -0.25) is 4.98 Å². The van der Waals surface area contributed by atoms with Crippen molar-refractivity contribution in [1.29, 1.82) is 5.26 Å². The first kappa shape index (κ1) is 13.3. The van der Waals surface area contributed by atoms with Crippen LogP contribution >= 0.6 is 11.3 Å². The first-order valence-corrected chi connectivity index (χ1v) is 7.15. The van der Waals surface area contributed by atoms with Gasteiger partial charge in [0.25, 0.3) is 0 Å². The summed E-state index contributed by atoms with van der Waals surface area (Å²) in [5.74, 6) is 0.335. The highest BCUT2D eigenvalue weighted by molar-refractivity contribution is 7.13. The second-order valence-electron chi connectivity index (χ2n) is 4.27. The minimum absolute atomic E-state index is 0.335. The summed E-state index contributed by atoms with van der Waals surface area (Å²) >= 11 is 1.60. The number of hydrogen-bond donors (Lipinski definition) is 0. The van der Waals surface area contributed by atoms with Gasteiger partial charge < -0.3 is 4.74 Å². The molecule has 3 rings (SSSR count). The minimum atomic E-state index is 0.335. The predicted molar refractivity (Wildman–Crippen MR) is 82.0 cm³/mol. The van der Waals surface area contributed by atoms with E-state index in [0.717, 1.165) is 21.7 Å². The molecule has 0 aliphatic carbocycles. The molecule has 0 atom stereocenters. The second kappa shape index (κ2) is 5.73. The van der Waals surface area contributed by atoms with Crippen LogP contribution in [0.1, 0.15) is 5.56 Å². The lowest BCUT2D eigenvalue weighted by atomic mass is 10.0. The zero-order valence-corrected chi connectivity index (χ0v) is 12.1. The molecule has 0 saturated carbocycles. The maximum atomic E-state index is 9.43. The van der Waals surface area contributed by atoms with Gasteiger partial charge in [-0.15, -0.1) is 11.3 Å². The van der Waals surface area contributed by atoms with E-state index in [0.29, 0.717) is 11.4 Å². The summed E-state index contributed by atoms with van der Waals surface area (Å²) in [6.07, 6.45) is 3.43. The average molecular weight is 293 g/mol. The van der Waals surface area contributed by atoms with Crippen molar-refractivity contribution < 1.29 is 4.74 Å². The molecule has 102 valence electrons. The van der Waals surface area contributed by atoms with E-state index in [9.17, 15) is 5.26 Å². The molecule has 0 unspecified atom stereocenters. The van der Waals surface area contributed by atoms with Gasteiger partial charge in [-0.05, 0) is 23.6 Å². The molecule has 0 radical (unpaired) electrons. The van der Waals surface area contributed by atoms with Crippen LogP contribution in [0.25, 0.3) is 21.7 Å². The number of nitrogens with zero attached hydrogens (tertiary/aromatic N) is 3. The molecular weight excluding hydrogens is 282 g/mol. The maximum Gasteiger partial charge on any atom is 0.232 e. The summed E-state index contributed by atoms with van der Waals surface area (Å²) < 4.78 is 5.29. The average Bonchev–Trinajstić information content (AvgIpc) is 3.08. The highest BCUT2D eigenvalue weighted by Gasteiger charge is 2.16. The fourth-order valence-electron chi connectivity index (χ4n) is 2.08. The zero-order valence-electron chi connectivity index (χ0n) is 11.3. The Morgan fingerprint density at radius 2 is 2.19 bits per heavy atom. The lowest BCUT2D eigenvalue weighted by Gasteiger charge is -2.10. The number of methoxy groups -OCH3 is 1. The fourth-order valence-corrected chi connectivity index (χ4v) is 2.76. The van der Waals surface area contributed by atoms with E-state index in [1.807, 2.05) is 35.7 Å². The third kappa shape index (κ3) is 2.49. The summed E-state index contributed by atoms with van der Waals surface area (Å²) in [6.45, 7) is 0. The first-order chi connectivity index (χ1) is 10.3. The summed E-state index contributed by atoms with van der Waals surface area (Å²) in [5.41, 5.74) is 2.86. The van der Waals surface area contributed by atoms with Crippen LogP contribution in [0.5, 0.6) is 5.88 Å². The van der Waals surface area contributed by atoms with E-state index >= 15 is 0 Å². The van der Waals surface area contributed by atoms with Crippen molar-refractivity contribution in [3.63, 3.8) is 0 Å². The molecule has 0 bridgehead atoms. The van der Waals surface area contributed by atoms with E-state index in [-0.39, 0.29) is 0 Å². The van der Waals surface area contributed by atoms with Crippen LogP contribution in [0, 0.1) is 11.3 Å². The predicted octanol–water partition coefficient (Wildman–Crippen LogP) is 3.75. The minimum Gasteiger partial charge on any atom is -0.480 e. The molecule has 0 aromatic carbocycles. The number of aromatic nitrogens is 2. The first-order valence-electron chi connectivity index (χ1n) is 6.27. The zero-order chi connectivity index (χ0) is 14.7. The Morgan fingerprint density at radius 1 is 1.29 bits per heavy atom. The topological polar surface area (TPSA) is 58.8 Å². The summed E-state index contributed by atoms with van der Waals surface area (Å²) in [5, 5.41) is 11.4. The monoisotopic (exact) mass is 293 g/mol. The smallest absolute Gasteiger partial charge is 0.232 e. The van der Waals surface area contributed by atoms with Gasteiger partial charge in [0.2, 0.25) is 5.88 Å². The van der Waals surface area contributed by atoms with E-state index < -0.39 is 0 Å². The number of hydrogen-bond acceptors (Lipinski definition) is 5. The van der Waals surface area contributed by atoms with Crippen molar-refractivity contribution in [2.75, 3.05) is 7.11 Å². The molecule has 4 nitrogen and oxygen atoms in total. The second-order valence-corrected chi connectivity index (χ2v) is 5.22. The van der Waals surface area contributed by atoms with E-state index in [4.69, 9.17) is 4.74 Å². The molecule has 3 aromatic rings. The van der Waals surface area contributed by atoms with Crippen molar-refractivity contribution >= 4 is 11.3 Å². The Hall–Kier alpha value is -2.71. The summed E-state index contributed by atoms with van der Waals surface area (Å²) in [4.78, 5) is 9.58. The van der Waals surface area contributed by atoms with Gasteiger partial charge in [0.1, 0.15) is 11.6 Å². The quantitative estimate of drug-likeness (QED) is 0.738. The Morgan fingerprint density at radius 3 is 2.81 bits per heavy atom. The van der Waals surface area contributed by atoms with Gasteiger partial charge in [-0.25, -0.2) is 4.98 Å². The standard InChI is InChI=1S/C16H11N3OS/c1-20-16-13(9-17)12(11-4-2-6-18-10-11)8-14(19-16)15-5-3-7-21-15/h2-8,10H,1H3. The Kier molecular flexibility index (Phi) is 3.63. The number of nitriles is 1. The van der Waals surface area contributed by atoms with E-state index in [1.165, 1.54) is 7.11 Å². The van der Waals surface area contributed by atoms with Crippen molar-refractivity contribution in [1.82, 2.24) is 9.97 Å². The highest BCUT2D eigenvalue weighted by Crippen LogP contribution is 2.34. The van der Waals surface area contributed by atoms with Crippen molar-refractivity contribution in [3.8, 4) is 33.6 Å².